The summed E-state index contributed by atoms with van der Waals surface area (Å²) in [4.78, 5) is 6.92. The Labute approximate surface area is 100 Å². The fourth-order valence-corrected chi connectivity index (χ4v) is 3.94. The standard InChI is InChI=1S/C12H18N2OS/c1-8(15)11-7-16-12(13-11)14-5-9-3-2-4-10(9)6-14/h7-10,15H,2-6H2,1H3. The van der Waals surface area contributed by atoms with Crippen LogP contribution < -0.4 is 4.90 Å². The van der Waals surface area contributed by atoms with E-state index in [1.807, 2.05) is 5.38 Å². The van der Waals surface area contributed by atoms with Crippen LogP contribution in [0.5, 0.6) is 0 Å². The third-order valence-electron chi connectivity index (χ3n) is 3.93. The van der Waals surface area contributed by atoms with Gasteiger partial charge in [0.15, 0.2) is 5.13 Å². The number of fused-ring (bicyclic) bond motifs is 1. The van der Waals surface area contributed by atoms with Crippen LogP contribution >= 0.6 is 11.3 Å². The summed E-state index contributed by atoms with van der Waals surface area (Å²) in [6.07, 6.45) is 3.78. The predicted octanol–water partition coefficient (Wildman–Crippen LogP) is 2.43. The van der Waals surface area contributed by atoms with Crippen molar-refractivity contribution >= 4 is 16.5 Å². The number of aromatic nitrogens is 1. The Morgan fingerprint density at radius 2 is 2.12 bits per heavy atom. The second-order valence-electron chi connectivity index (χ2n) is 5.09. The van der Waals surface area contributed by atoms with Crippen molar-refractivity contribution < 1.29 is 5.11 Å². The first-order valence-corrected chi connectivity index (χ1v) is 7.00. The minimum atomic E-state index is -0.438. The van der Waals surface area contributed by atoms with Crippen molar-refractivity contribution in [2.45, 2.75) is 32.3 Å². The average Bonchev–Trinajstić information content (AvgIpc) is 2.91. The number of rotatable bonds is 2. The van der Waals surface area contributed by atoms with Crippen molar-refractivity contribution in [1.82, 2.24) is 4.98 Å². The number of aliphatic hydroxyl groups excluding tert-OH is 1. The fraction of sp³-hybridized carbons (Fsp3) is 0.750. The van der Waals surface area contributed by atoms with E-state index in [1.165, 1.54) is 32.4 Å². The molecule has 1 aliphatic heterocycles. The lowest BCUT2D eigenvalue weighted by Crippen LogP contribution is -2.20. The second-order valence-corrected chi connectivity index (χ2v) is 5.92. The largest absolute Gasteiger partial charge is 0.387 e. The van der Waals surface area contributed by atoms with Gasteiger partial charge in [-0.2, -0.15) is 0 Å². The van der Waals surface area contributed by atoms with Crippen molar-refractivity contribution in [2.75, 3.05) is 18.0 Å². The zero-order valence-corrected chi connectivity index (χ0v) is 10.4. The van der Waals surface area contributed by atoms with Crippen LogP contribution in [0.1, 0.15) is 38.0 Å². The van der Waals surface area contributed by atoms with Crippen molar-refractivity contribution in [3.05, 3.63) is 11.1 Å². The molecule has 0 spiro atoms. The van der Waals surface area contributed by atoms with Crippen LogP contribution in [-0.2, 0) is 0 Å². The van der Waals surface area contributed by atoms with E-state index in [4.69, 9.17) is 0 Å². The molecule has 3 unspecified atom stereocenters. The normalized spacial score (nSPS) is 30.8. The Balaban J connectivity index is 1.73. The Bertz CT molecular complexity index is 365. The molecule has 0 bridgehead atoms. The van der Waals surface area contributed by atoms with Crippen molar-refractivity contribution in [2.24, 2.45) is 11.8 Å². The van der Waals surface area contributed by atoms with Gasteiger partial charge in [0.1, 0.15) is 0 Å². The van der Waals surface area contributed by atoms with Gasteiger partial charge in [-0.15, -0.1) is 11.3 Å². The van der Waals surface area contributed by atoms with Crippen molar-refractivity contribution in [3.63, 3.8) is 0 Å². The van der Waals surface area contributed by atoms with E-state index < -0.39 is 6.10 Å². The van der Waals surface area contributed by atoms with Gasteiger partial charge >= 0.3 is 0 Å². The minimum absolute atomic E-state index is 0.438. The van der Waals surface area contributed by atoms with Gasteiger partial charge in [-0.25, -0.2) is 4.98 Å². The SMILES string of the molecule is CC(O)c1csc(N2CC3CCCC3C2)n1. The molecule has 0 amide bonds. The maximum atomic E-state index is 9.47. The molecule has 2 heterocycles. The van der Waals surface area contributed by atoms with Gasteiger partial charge in [0.2, 0.25) is 0 Å². The highest BCUT2D eigenvalue weighted by atomic mass is 32.1. The van der Waals surface area contributed by atoms with E-state index in [1.54, 1.807) is 18.3 Å². The summed E-state index contributed by atoms with van der Waals surface area (Å²) in [7, 11) is 0. The quantitative estimate of drug-likeness (QED) is 0.859. The van der Waals surface area contributed by atoms with Crippen molar-refractivity contribution in [3.8, 4) is 0 Å². The van der Waals surface area contributed by atoms with Gasteiger partial charge in [-0.3, -0.25) is 0 Å². The second kappa shape index (κ2) is 4.00. The lowest BCUT2D eigenvalue weighted by atomic mass is 10.0. The predicted molar refractivity (Wildman–Crippen MR) is 65.8 cm³/mol. The molecular formula is C12H18N2OS. The molecule has 1 aliphatic carbocycles. The summed E-state index contributed by atoms with van der Waals surface area (Å²) in [5, 5.41) is 12.5. The molecule has 2 fully saturated rings. The van der Waals surface area contributed by atoms with E-state index in [0.717, 1.165) is 22.7 Å². The van der Waals surface area contributed by atoms with Crippen LogP contribution in [0.4, 0.5) is 5.13 Å². The Morgan fingerprint density at radius 3 is 2.69 bits per heavy atom. The molecule has 1 saturated heterocycles. The summed E-state index contributed by atoms with van der Waals surface area (Å²) in [5.41, 5.74) is 0.817. The smallest absolute Gasteiger partial charge is 0.185 e. The van der Waals surface area contributed by atoms with Crippen LogP contribution in [0.2, 0.25) is 0 Å². The van der Waals surface area contributed by atoms with Gasteiger partial charge in [0.25, 0.3) is 0 Å². The molecule has 3 rings (SSSR count). The molecule has 3 nitrogen and oxygen atoms in total. The highest BCUT2D eigenvalue weighted by Crippen LogP contribution is 2.40. The zero-order valence-electron chi connectivity index (χ0n) is 9.59. The Morgan fingerprint density at radius 1 is 1.44 bits per heavy atom. The van der Waals surface area contributed by atoms with Crippen LogP contribution in [0.15, 0.2) is 5.38 Å². The third-order valence-corrected chi connectivity index (χ3v) is 4.85. The molecule has 4 heteroatoms. The maximum absolute atomic E-state index is 9.47. The van der Waals surface area contributed by atoms with Crippen LogP contribution in [0, 0.1) is 11.8 Å². The number of hydrogen-bond donors (Lipinski definition) is 1. The van der Waals surface area contributed by atoms with E-state index in [2.05, 4.69) is 9.88 Å². The first-order chi connectivity index (χ1) is 7.74. The highest BCUT2D eigenvalue weighted by molar-refractivity contribution is 7.13. The number of nitrogens with zero attached hydrogens (tertiary/aromatic N) is 2. The molecule has 1 aromatic rings. The molecule has 2 aliphatic rings. The molecule has 0 radical (unpaired) electrons. The summed E-state index contributed by atoms with van der Waals surface area (Å²) >= 11 is 1.67. The van der Waals surface area contributed by atoms with Gasteiger partial charge in [-0.05, 0) is 31.6 Å². The van der Waals surface area contributed by atoms with Gasteiger partial charge in [0, 0.05) is 18.5 Å². The topological polar surface area (TPSA) is 36.4 Å². The number of thiazole rings is 1. The van der Waals surface area contributed by atoms with Crippen LogP contribution in [0.3, 0.4) is 0 Å². The molecule has 3 atom stereocenters. The fourth-order valence-electron chi connectivity index (χ4n) is 3.00. The third kappa shape index (κ3) is 1.74. The molecule has 88 valence electrons. The van der Waals surface area contributed by atoms with E-state index in [0.29, 0.717) is 0 Å². The highest BCUT2D eigenvalue weighted by Gasteiger charge is 2.36. The summed E-state index contributed by atoms with van der Waals surface area (Å²) in [5.74, 6) is 1.80. The maximum Gasteiger partial charge on any atom is 0.185 e. The average molecular weight is 238 g/mol. The van der Waals surface area contributed by atoms with Gasteiger partial charge < -0.3 is 10.0 Å². The van der Waals surface area contributed by atoms with Gasteiger partial charge in [0.05, 0.1) is 11.8 Å². The van der Waals surface area contributed by atoms with Gasteiger partial charge in [-0.1, -0.05) is 6.42 Å². The molecular weight excluding hydrogens is 220 g/mol. The van der Waals surface area contributed by atoms with E-state index in [9.17, 15) is 5.11 Å². The van der Waals surface area contributed by atoms with Crippen molar-refractivity contribution in [1.29, 1.82) is 0 Å². The first-order valence-electron chi connectivity index (χ1n) is 6.12. The molecule has 1 saturated carbocycles. The minimum Gasteiger partial charge on any atom is -0.387 e. The van der Waals surface area contributed by atoms with E-state index in [-0.39, 0.29) is 0 Å². The molecule has 1 aromatic heterocycles. The zero-order chi connectivity index (χ0) is 11.1. The first kappa shape index (κ1) is 10.5. The summed E-state index contributed by atoms with van der Waals surface area (Å²) in [6.45, 7) is 4.13. The Hall–Kier alpha value is -0.610. The molecule has 16 heavy (non-hydrogen) atoms. The molecule has 0 aromatic carbocycles. The monoisotopic (exact) mass is 238 g/mol. The lowest BCUT2D eigenvalue weighted by Gasteiger charge is -2.15. The Kier molecular flexibility index (Phi) is 2.64. The van der Waals surface area contributed by atoms with Crippen LogP contribution in [-0.4, -0.2) is 23.2 Å². The summed E-state index contributed by atoms with van der Waals surface area (Å²) < 4.78 is 0. The summed E-state index contributed by atoms with van der Waals surface area (Å²) in [6, 6.07) is 0. The number of hydrogen-bond acceptors (Lipinski definition) is 4. The lowest BCUT2D eigenvalue weighted by molar-refractivity contribution is 0.195. The van der Waals surface area contributed by atoms with E-state index >= 15 is 0 Å². The molecule has 1 N–H and O–H groups in total. The number of anilines is 1. The number of aliphatic hydroxyl groups is 1. The van der Waals surface area contributed by atoms with Crippen LogP contribution in [0.25, 0.3) is 0 Å².